The summed E-state index contributed by atoms with van der Waals surface area (Å²) in [5, 5.41) is 17.3. The second-order valence-corrected chi connectivity index (χ2v) is 3.59. The topological polar surface area (TPSA) is 50.8 Å². The van der Waals surface area contributed by atoms with Gasteiger partial charge in [-0.05, 0) is 24.2 Å². The maximum Gasteiger partial charge on any atom is 0.0991 e. The molecule has 0 bridgehead atoms. The standard InChI is InChI=1S/C13H15N3/c1-2-16(8-4-7-14)11-13-6-3-5-12(9-13)10-15/h3,5-6,9H,2,4,8,11H2,1H3. The molecule has 0 aliphatic carbocycles. The quantitative estimate of drug-likeness (QED) is 0.754. The summed E-state index contributed by atoms with van der Waals surface area (Å²) in [6.45, 7) is 4.57. The molecule has 1 rings (SSSR count). The van der Waals surface area contributed by atoms with E-state index < -0.39 is 0 Å². The number of nitriles is 2. The Morgan fingerprint density at radius 1 is 1.31 bits per heavy atom. The van der Waals surface area contributed by atoms with Crippen molar-refractivity contribution in [2.24, 2.45) is 0 Å². The van der Waals surface area contributed by atoms with Crippen LogP contribution in [0.3, 0.4) is 0 Å². The SMILES string of the molecule is CCN(CCC#N)Cc1cccc(C#N)c1. The average Bonchev–Trinajstić information content (AvgIpc) is 2.34. The van der Waals surface area contributed by atoms with Crippen molar-refractivity contribution in [3.05, 3.63) is 35.4 Å². The Balaban J connectivity index is 2.64. The van der Waals surface area contributed by atoms with Crippen LogP contribution < -0.4 is 0 Å². The lowest BCUT2D eigenvalue weighted by molar-refractivity contribution is 0.287. The molecule has 0 N–H and O–H groups in total. The summed E-state index contributed by atoms with van der Waals surface area (Å²) in [6, 6.07) is 11.9. The van der Waals surface area contributed by atoms with E-state index in [1.54, 1.807) is 6.07 Å². The molecule has 0 aromatic heterocycles. The van der Waals surface area contributed by atoms with Crippen molar-refractivity contribution < 1.29 is 0 Å². The molecule has 0 fully saturated rings. The van der Waals surface area contributed by atoms with Crippen LogP contribution in [0.25, 0.3) is 0 Å². The third-order valence-electron chi connectivity index (χ3n) is 2.45. The lowest BCUT2D eigenvalue weighted by Crippen LogP contribution is -2.23. The van der Waals surface area contributed by atoms with Crippen LogP contribution in [-0.4, -0.2) is 18.0 Å². The van der Waals surface area contributed by atoms with Crippen LogP contribution in [0.4, 0.5) is 0 Å². The second kappa shape index (κ2) is 6.61. The van der Waals surface area contributed by atoms with E-state index in [4.69, 9.17) is 10.5 Å². The Morgan fingerprint density at radius 3 is 2.75 bits per heavy atom. The molecule has 0 atom stereocenters. The van der Waals surface area contributed by atoms with E-state index >= 15 is 0 Å². The Hall–Kier alpha value is -1.84. The highest BCUT2D eigenvalue weighted by Gasteiger charge is 2.03. The minimum atomic E-state index is 0.547. The Morgan fingerprint density at radius 2 is 2.12 bits per heavy atom. The molecule has 0 saturated heterocycles. The van der Waals surface area contributed by atoms with Crippen molar-refractivity contribution in [3.8, 4) is 12.1 Å². The van der Waals surface area contributed by atoms with Crippen molar-refractivity contribution in [2.45, 2.75) is 19.9 Å². The van der Waals surface area contributed by atoms with Gasteiger partial charge in [-0.25, -0.2) is 0 Å². The van der Waals surface area contributed by atoms with Crippen LogP contribution in [0.2, 0.25) is 0 Å². The molecule has 3 heteroatoms. The average molecular weight is 213 g/mol. The van der Waals surface area contributed by atoms with Crippen LogP contribution in [0.1, 0.15) is 24.5 Å². The number of rotatable bonds is 5. The Kier molecular flexibility index (Phi) is 5.05. The third-order valence-corrected chi connectivity index (χ3v) is 2.45. The minimum absolute atomic E-state index is 0.547. The first-order chi connectivity index (χ1) is 7.80. The predicted octanol–water partition coefficient (Wildman–Crippen LogP) is 2.29. The van der Waals surface area contributed by atoms with Gasteiger partial charge < -0.3 is 0 Å². The van der Waals surface area contributed by atoms with E-state index in [-0.39, 0.29) is 0 Å². The van der Waals surface area contributed by atoms with Crippen LogP contribution in [0.15, 0.2) is 24.3 Å². The van der Waals surface area contributed by atoms with E-state index in [2.05, 4.69) is 24.0 Å². The molecule has 0 aliphatic rings. The van der Waals surface area contributed by atoms with Crippen LogP contribution >= 0.6 is 0 Å². The monoisotopic (exact) mass is 213 g/mol. The molecule has 0 aliphatic heterocycles. The first-order valence-electron chi connectivity index (χ1n) is 5.38. The Labute approximate surface area is 96.5 Å². The van der Waals surface area contributed by atoms with Crippen molar-refractivity contribution in [1.82, 2.24) is 4.90 Å². The molecule has 82 valence electrons. The molecule has 0 saturated carbocycles. The summed E-state index contributed by atoms with van der Waals surface area (Å²) in [5.74, 6) is 0. The van der Waals surface area contributed by atoms with Crippen molar-refractivity contribution in [3.63, 3.8) is 0 Å². The van der Waals surface area contributed by atoms with E-state index in [9.17, 15) is 0 Å². The van der Waals surface area contributed by atoms with Gasteiger partial charge in [-0.1, -0.05) is 19.1 Å². The predicted molar refractivity (Wildman–Crippen MR) is 62.3 cm³/mol. The van der Waals surface area contributed by atoms with Crippen LogP contribution in [0.5, 0.6) is 0 Å². The highest BCUT2D eigenvalue weighted by molar-refractivity contribution is 5.32. The van der Waals surface area contributed by atoms with Crippen LogP contribution in [-0.2, 0) is 6.54 Å². The molecule has 0 radical (unpaired) electrons. The molecule has 3 nitrogen and oxygen atoms in total. The largest absolute Gasteiger partial charge is 0.298 e. The van der Waals surface area contributed by atoms with Crippen LogP contribution in [0, 0.1) is 22.7 Å². The third kappa shape index (κ3) is 3.73. The fourth-order valence-electron chi connectivity index (χ4n) is 1.55. The maximum absolute atomic E-state index is 8.79. The van der Waals surface area contributed by atoms with Crippen molar-refractivity contribution >= 4 is 0 Å². The highest BCUT2D eigenvalue weighted by Crippen LogP contribution is 2.07. The summed E-state index contributed by atoms with van der Waals surface area (Å²) >= 11 is 0. The fraction of sp³-hybridized carbons (Fsp3) is 0.385. The molecule has 16 heavy (non-hydrogen) atoms. The van der Waals surface area contributed by atoms with E-state index in [1.807, 2.05) is 18.2 Å². The second-order valence-electron chi connectivity index (χ2n) is 3.59. The van der Waals surface area contributed by atoms with Gasteiger partial charge in [0.25, 0.3) is 0 Å². The zero-order valence-corrected chi connectivity index (χ0v) is 9.48. The summed E-state index contributed by atoms with van der Waals surface area (Å²) in [7, 11) is 0. The highest BCUT2D eigenvalue weighted by atomic mass is 15.1. The lowest BCUT2D eigenvalue weighted by atomic mass is 10.1. The van der Waals surface area contributed by atoms with E-state index in [0.29, 0.717) is 12.0 Å². The van der Waals surface area contributed by atoms with Crippen molar-refractivity contribution in [2.75, 3.05) is 13.1 Å². The zero-order chi connectivity index (χ0) is 11.8. The molecule has 1 aromatic carbocycles. The van der Waals surface area contributed by atoms with E-state index in [0.717, 1.165) is 25.2 Å². The van der Waals surface area contributed by atoms with Gasteiger partial charge in [0.15, 0.2) is 0 Å². The maximum atomic E-state index is 8.79. The summed E-state index contributed by atoms with van der Waals surface area (Å²) in [4.78, 5) is 2.19. The molecule has 0 unspecified atom stereocenters. The van der Waals surface area contributed by atoms with Gasteiger partial charge in [-0.2, -0.15) is 10.5 Å². The van der Waals surface area contributed by atoms with Gasteiger partial charge in [0, 0.05) is 19.5 Å². The molecule has 0 heterocycles. The normalized spacial score (nSPS) is 9.75. The Bertz CT molecular complexity index is 412. The molecular formula is C13H15N3. The number of nitrogens with zero attached hydrogens (tertiary/aromatic N) is 3. The summed E-state index contributed by atoms with van der Waals surface area (Å²) in [5.41, 5.74) is 1.81. The number of hydrogen-bond donors (Lipinski definition) is 0. The minimum Gasteiger partial charge on any atom is -0.298 e. The molecule has 0 spiro atoms. The van der Waals surface area contributed by atoms with Gasteiger partial charge in [-0.3, -0.25) is 4.90 Å². The van der Waals surface area contributed by atoms with Gasteiger partial charge in [0.2, 0.25) is 0 Å². The first-order valence-corrected chi connectivity index (χ1v) is 5.38. The summed E-state index contributed by atoms with van der Waals surface area (Å²) < 4.78 is 0. The van der Waals surface area contributed by atoms with Gasteiger partial charge in [-0.15, -0.1) is 0 Å². The molecule has 0 amide bonds. The first kappa shape index (κ1) is 12.2. The summed E-state index contributed by atoms with van der Waals surface area (Å²) in [6.07, 6.45) is 0.547. The molecular weight excluding hydrogens is 198 g/mol. The van der Waals surface area contributed by atoms with Crippen molar-refractivity contribution in [1.29, 1.82) is 10.5 Å². The number of hydrogen-bond acceptors (Lipinski definition) is 3. The van der Waals surface area contributed by atoms with Gasteiger partial charge in [0.1, 0.15) is 0 Å². The molecule has 1 aromatic rings. The number of benzene rings is 1. The fourth-order valence-corrected chi connectivity index (χ4v) is 1.55. The van der Waals surface area contributed by atoms with Gasteiger partial charge in [0.05, 0.1) is 17.7 Å². The smallest absolute Gasteiger partial charge is 0.0991 e. The zero-order valence-electron chi connectivity index (χ0n) is 9.48. The van der Waals surface area contributed by atoms with E-state index in [1.165, 1.54) is 0 Å². The van der Waals surface area contributed by atoms with Gasteiger partial charge >= 0.3 is 0 Å². The lowest BCUT2D eigenvalue weighted by Gasteiger charge is -2.18.